The summed E-state index contributed by atoms with van der Waals surface area (Å²) in [5.41, 5.74) is 2.71. The number of aromatic nitrogens is 1. The molecular formula is C21H16N2O2S. The van der Waals surface area contributed by atoms with Gasteiger partial charge in [-0.2, -0.15) is 0 Å². The molecule has 2 heterocycles. The van der Waals surface area contributed by atoms with Crippen LogP contribution in [0.15, 0.2) is 77.4 Å². The normalized spacial score (nSPS) is 11.3. The van der Waals surface area contributed by atoms with Gasteiger partial charge in [-0.15, -0.1) is 0 Å². The first kappa shape index (κ1) is 16.3. The smallest absolute Gasteiger partial charge is 0.257 e. The standard InChI is InChI=1S/C21H16N2O2S/c1-15-7-2-4-10-18(15)23(20(24)13-12-16-8-6-14-25-16)21-22-17-9-3-5-11-19(17)26-21/h2-14H,1H3. The lowest BCUT2D eigenvalue weighted by Crippen LogP contribution is -2.24. The third-order valence-electron chi connectivity index (χ3n) is 3.98. The van der Waals surface area contributed by atoms with Gasteiger partial charge >= 0.3 is 0 Å². The van der Waals surface area contributed by atoms with Crippen LogP contribution in [-0.4, -0.2) is 10.9 Å². The summed E-state index contributed by atoms with van der Waals surface area (Å²) in [6.07, 6.45) is 4.76. The molecule has 0 unspecified atom stereocenters. The Labute approximate surface area is 155 Å². The van der Waals surface area contributed by atoms with Crippen molar-refractivity contribution in [2.45, 2.75) is 6.92 Å². The lowest BCUT2D eigenvalue weighted by atomic mass is 10.2. The van der Waals surface area contributed by atoms with Gasteiger partial charge in [0, 0.05) is 6.08 Å². The highest BCUT2D eigenvalue weighted by Crippen LogP contribution is 2.35. The Morgan fingerprint density at radius 2 is 1.88 bits per heavy atom. The number of fused-ring (bicyclic) bond motifs is 1. The highest BCUT2D eigenvalue weighted by Gasteiger charge is 2.21. The fraction of sp³-hybridized carbons (Fsp3) is 0.0476. The van der Waals surface area contributed by atoms with E-state index in [1.165, 1.54) is 17.4 Å². The van der Waals surface area contributed by atoms with Gasteiger partial charge < -0.3 is 4.42 Å². The lowest BCUT2D eigenvalue weighted by molar-refractivity contribution is -0.113. The fourth-order valence-electron chi connectivity index (χ4n) is 2.70. The number of benzene rings is 2. The third kappa shape index (κ3) is 3.17. The van der Waals surface area contributed by atoms with Crippen LogP contribution in [0.25, 0.3) is 16.3 Å². The minimum Gasteiger partial charge on any atom is -0.465 e. The Morgan fingerprint density at radius 1 is 1.08 bits per heavy atom. The largest absolute Gasteiger partial charge is 0.465 e. The Bertz CT molecular complexity index is 1050. The summed E-state index contributed by atoms with van der Waals surface area (Å²) in [6.45, 7) is 1.99. The fourth-order valence-corrected chi connectivity index (χ4v) is 3.69. The number of anilines is 2. The molecule has 0 spiro atoms. The van der Waals surface area contributed by atoms with Crippen molar-refractivity contribution in [1.29, 1.82) is 0 Å². The number of carbonyl (C=O) groups excluding carboxylic acids is 1. The number of furan rings is 1. The molecule has 2 aromatic heterocycles. The first-order valence-electron chi connectivity index (χ1n) is 8.19. The molecule has 0 saturated heterocycles. The molecule has 0 saturated carbocycles. The maximum absolute atomic E-state index is 13.0. The van der Waals surface area contributed by atoms with E-state index in [0.29, 0.717) is 10.9 Å². The summed E-state index contributed by atoms with van der Waals surface area (Å²) < 4.78 is 6.32. The van der Waals surface area contributed by atoms with Crippen molar-refractivity contribution in [3.8, 4) is 0 Å². The van der Waals surface area contributed by atoms with Crippen LogP contribution in [0, 0.1) is 6.92 Å². The zero-order valence-corrected chi connectivity index (χ0v) is 14.9. The molecule has 0 aliphatic heterocycles. The number of hydrogen-bond donors (Lipinski definition) is 0. The predicted octanol–water partition coefficient (Wildman–Crippen LogP) is 5.58. The van der Waals surface area contributed by atoms with Crippen LogP contribution in [-0.2, 0) is 4.79 Å². The van der Waals surface area contributed by atoms with Crippen molar-refractivity contribution in [2.75, 3.05) is 4.90 Å². The zero-order chi connectivity index (χ0) is 17.9. The molecule has 0 aliphatic carbocycles. The molecule has 4 aromatic rings. The topological polar surface area (TPSA) is 46.3 Å². The van der Waals surface area contributed by atoms with E-state index in [0.717, 1.165) is 21.5 Å². The Kier molecular flexibility index (Phi) is 4.37. The van der Waals surface area contributed by atoms with Gasteiger partial charge in [0.25, 0.3) is 5.91 Å². The number of rotatable bonds is 4. The third-order valence-corrected chi connectivity index (χ3v) is 5.01. The molecule has 26 heavy (non-hydrogen) atoms. The van der Waals surface area contributed by atoms with E-state index in [1.807, 2.05) is 55.5 Å². The number of carbonyl (C=O) groups is 1. The second-order valence-electron chi connectivity index (χ2n) is 5.77. The number of thiazole rings is 1. The molecule has 0 fully saturated rings. The molecule has 2 aromatic carbocycles. The lowest BCUT2D eigenvalue weighted by Gasteiger charge is -2.20. The van der Waals surface area contributed by atoms with Gasteiger partial charge in [0.1, 0.15) is 5.76 Å². The SMILES string of the molecule is Cc1ccccc1N(C(=O)C=Cc1ccco1)c1nc2ccccc2s1. The summed E-state index contributed by atoms with van der Waals surface area (Å²) >= 11 is 1.50. The van der Waals surface area contributed by atoms with Crippen molar-refractivity contribution >= 4 is 44.4 Å². The Hall–Kier alpha value is -3.18. The van der Waals surface area contributed by atoms with Crippen LogP contribution in [0.5, 0.6) is 0 Å². The molecule has 5 heteroatoms. The number of aryl methyl sites for hydroxylation is 1. The van der Waals surface area contributed by atoms with Gasteiger partial charge in [0.15, 0.2) is 5.13 Å². The van der Waals surface area contributed by atoms with Gasteiger partial charge in [-0.3, -0.25) is 9.69 Å². The van der Waals surface area contributed by atoms with Gasteiger partial charge in [-0.25, -0.2) is 4.98 Å². The molecule has 0 N–H and O–H groups in total. The minimum atomic E-state index is -0.172. The highest BCUT2D eigenvalue weighted by molar-refractivity contribution is 7.22. The van der Waals surface area contributed by atoms with Crippen LogP contribution in [0.3, 0.4) is 0 Å². The summed E-state index contributed by atoms with van der Waals surface area (Å²) in [5, 5.41) is 0.648. The van der Waals surface area contributed by atoms with E-state index in [1.54, 1.807) is 29.4 Å². The second-order valence-corrected chi connectivity index (χ2v) is 6.78. The van der Waals surface area contributed by atoms with Crippen molar-refractivity contribution < 1.29 is 9.21 Å². The number of para-hydroxylation sites is 2. The monoisotopic (exact) mass is 360 g/mol. The molecule has 4 rings (SSSR count). The van der Waals surface area contributed by atoms with Crippen molar-refractivity contribution in [3.63, 3.8) is 0 Å². The molecule has 0 radical (unpaired) electrons. The molecule has 1 amide bonds. The van der Waals surface area contributed by atoms with E-state index in [4.69, 9.17) is 4.42 Å². The molecule has 128 valence electrons. The predicted molar refractivity (Wildman–Crippen MR) is 106 cm³/mol. The van der Waals surface area contributed by atoms with E-state index in [-0.39, 0.29) is 5.91 Å². The van der Waals surface area contributed by atoms with Crippen molar-refractivity contribution in [2.24, 2.45) is 0 Å². The van der Waals surface area contributed by atoms with Crippen LogP contribution < -0.4 is 4.90 Å². The summed E-state index contributed by atoms with van der Waals surface area (Å²) in [6, 6.07) is 19.3. The van der Waals surface area contributed by atoms with Gasteiger partial charge in [-0.1, -0.05) is 41.7 Å². The van der Waals surface area contributed by atoms with Crippen molar-refractivity contribution in [1.82, 2.24) is 4.98 Å². The average molecular weight is 360 g/mol. The number of nitrogens with zero attached hydrogens (tertiary/aromatic N) is 2. The van der Waals surface area contributed by atoms with E-state index in [9.17, 15) is 4.79 Å². The average Bonchev–Trinajstić information content (AvgIpc) is 3.31. The van der Waals surface area contributed by atoms with E-state index >= 15 is 0 Å². The van der Waals surface area contributed by atoms with Crippen LogP contribution in [0.4, 0.5) is 10.8 Å². The molecular weight excluding hydrogens is 344 g/mol. The molecule has 0 bridgehead atoms. The Balaban J connectivity index is 1.79. The zero-order valence-electron chi connectivity index (χ0n) is 14.1. The van der Waals surface area contributed by atoms with Gasteiger partial charge in [-0.05, 0) is 48.9 Å². The van der Waals surface area contributed by atoms with Crippen LogP contribution in [0.2, 0.25) is 0 Å². The van der Waals surface area contributed by atoms with E-state index < -0.39 is 0 Å². The maximum atomic E-state index is 13.0. The first-order valence-corrected chi connectivity index (χ1v) is 9.01. The minimum absolute atomic E-state index is 0.172. The van der Waals surface area contributed by atoms with Gasteiger partial charge in [0.05, 0.1) is 22.2 Å². The van der Waals surface area contributed by atoms with Crippen molar-refractivity contribution in [3.05, 3.63) is 84.3 Å². The van der Waals surface area contributed by atoms with Crippen LogP contribution >= 0.6 is 11.3 Å². The summed E-state index contributed by atoms with van der Waals surface area (Å²) in [4.78, 5) is 19.3. The van der Waals surface area contributed by atoms with Crippen LogP contribution in [0.1, 0.15) is 11.3 Å². The molecule has 0 aliphatic rings. The highest BCUT2D eigenvalue weighted by atomic mass is 32.1. The number of amides is 1. The van der Waals surface area contributed by atoms with Gasteiger partial charge in [0.2, 0.25) is 0 Å². The second kappa shape index (κ2) is 6.98. The Morgan fingerprint density at radius 3 is 2.65 bits per heavy atom. The summed E-state index contributed by atoms with van der Waals surface area (Å²) in [5.74, 6) is 0.460. The number of hydrogen-bond acceptors (Lipinski definition) is 4. The molecule has 4 nitrogen and oxygen atoms in total. The summed E-state index contributed by atoms with van der Waals surface area (Å²) in [7, 11) is 0. The molecule has 0 atom stereocenters. The quantitative estimate of drug-likeness (QED) is 0.447. The maximum Gasteiger partial charge on any atom is 0.257 e. The first-order chi connectivity index (χ1) is 12.7. The van der Waals surface area contributed by atoms with E-state index in [2.05, 4.69) is 4.98 Å².